The van der Waals surface area contributed by atoms with Crippen molar-refractivity contribution in [3.05, 3.63) is 0 Å². The maximum Gasteiger partial charge on any atom is 0.293 e. The van der Waals surface area contributed by atoms with Gasteiger partial charge in [0, 0.05) is 5.38 Å². The SMILES string of the molecule is CC(C)(C)OC=O.CC(Cl)C1CCCCC1. The van der Waals surface area contributed by atoms with Crippen LogP contribution < -0.4 is 0 Å². The highest BCUT2D eigenvalue weighted by Gasteiger charge is 2.17. The van der Waals surface area contributed by atoms with E-state index >= 15 is 0 Å². The number of alkyl halides is 1. The van der Waals surface area contributed by atoms with Crippen LogP contribution in [-0.4, -0.2) is 17.5 Å². The number of halogens is 1. The van der Waals surface area contributed by atoms with E-state index in [9.17, 15) is 4.79 Å². The molecule has 0 heterocycles. The molecule has 0 aliphatic heterocycles. The van der Waals surface area contributed by atoms with E-state index in [0.29, 0.717) is 11.8 Å². The molecule has 1 aliphatic carbocycles. The summed E-state index contributed by atoms with van der Waals surface area (Å²) in [5.41, 5.74) is -0.318. The lowest BCUT2D eigenvalue weighted by atomic mass is 9.87. The molecule has 0 saturated heterocycles. The third-order valence-electron chi connectivity index (χ3n) is 2.70. The first-order chi connectivity index (χ1) is 7.37. The van der Waals surface area contributed by atoms with Gasteiger partial charge in [0.25, 0.3) is 6.47 Å². The third kappa shape index (κ3) is 9.02. The monoisotopic (exact) mass is 248 g/mol. The van der Waals surface area contributed by atoms with Gasteiger partial charge < -0.3 is 4.74 Å². The number of hydrogen-bond acceptors (Lipinski definition) is 2. The molecule has 1 atom stereocenters. The van der Waals surface area contributed by atoms with Gasteiger partial charge in [-0.2, -0.15) is 0 Å². The Morgan fingerprint density at radius 2 is 1.75 bits per heavy atom. The predicted molar refractivity (Wildman–Crippen MR) is 68.8 cm³/mol. The number of hydrogen-bond donors (Lipinski definition) is 0. The van der Waals surface area contributed by atoms with Gasteiger partial charge in [0.2, 0.25) is 0 Å². The lowest BCUT2D eigenvalue weighted by molar-refractivity contribution is -0.138. The molecule has 1 fully saturated rings. The summed E-state index contributed by atoms with van der Waals surface area (Å²) in [5, 5.41) is 0.408. The molecule has 1 rings (SSSR count). The minimum absolute atomic E-state index is 0.318. The summed E-state index contributed by atoms with van der Waals surface area (Å²) in [6, 6.07) is 0. The van der Waals surface area contributed by atoms with Crippen LogP contribution in [0.25, 0.3) is 0 Å². The Balaban J connectivity index is 0.000000293. The van der Waals surface area contributed by atoms with Crippen molar-refractivity contribution in [1.82, 2.24) is 0 Å². The molecule has 2 nitrogen and oxygen atoms in total. The fourth-order valence-electron chi connectivity index (χ4n) is 1.74. The van der Waals surface area contributed by atoms with Crippen LogP contribution in [0.1, 0.15) is 59.8 Å². The second-order valence-corrected chi connectivity index (χ2v) is 6.09. The second kappa shape index (κ2) is 7.94. The number of carbonyl (C=O) groups is 1. The Labute approximate surface area is 105 Å². The Morgan fingerprint density at radius 3 is 1.94 bits per heavy atom. The minimum Gasteiger partial charge on any atom is -0.462 e. The first-order valence-corrected chi connectivity index (χ1v) is 6.56. The molecule has 0 bridgehead atoms. The van der Waals surface area contributed by atoms with Crippen molar-refractivity contribution in [3.8, 4) is 0 Å². The summed E-state index contributed by atoms with van der Waals surface area (Å²) < 4.78 is 4.55. The fraction of sp³-hybridized carbons (Fsp3) is 0.923. The van der Waals surface area contributed by atoms with Crippen molar-refractivity contribution in [2.24, 2.45) is 5.92 Å². The molecular weight excluding hydrogens is 224 g/mol. The van der Waals surface area contributed by atoms with Gasteiger partial charge in [-0.05, 0) is 46.5 Å². The highest BCUT2D eigenvalue weighted by molar-refractivity contribution is 6.20. The lowest BCUT2D eigenvalue weighted by Gasteiger charge is -2.23. The fourth-order valence-corrected chi connectivity index (χ4v) is 1.99. The summed E-state index contributed by atoms with van der Waals surface area (Å²) in [7, 11) is 0. The van der Waals surface area contributed by atoms with Gasteiger partial charge in [-0.25, -0.2) is 0 Å². The van der Waals surface area contributed by atoms with Crippen molar-refractivity contribution >= 4 is 18.1 Å². The third-order valence-corrected chi connectivity index (χ3v) is 3.06. The maximum absolute atomic E-state index is 9.60. The van der Waals surface area contributed by atoms with Crippen molar-refractivity contribution in [1.29, 1.82) is 0 Å². The quantitative estimate of drug-likeness (QED) is 0.542. The van der Waals surface area contributed by atoms with Gasteiger partial charge in [-0.1, -0.05) is 19.3 Å². The number of rotatable bonds is 2. The smallest absolute Gasteiger partial charge is 0.293 e. The van der Waals surface area contributed by atoms with Crippen molar-refractivity contribution in [3.63, 3.8) is 0 Å². The van der Waals surface area contributed by atoms with Gasteiger partial charge in [0.15, 0.2) is 0 Å². The molecule has 96 valence electrons. The average molecular weight is 249 g/mol. The zero-order valence-electron chi connectivity index (χ0n) is 11.0. The summed E-state index contributed by atoms with van der Waals surface area (Å²) in [5.74, 6) is 0.820. The van der Waals surface area contributed by atoms with E-state index in [2.05, 4.69) is 11.7 Å². The van der Waals surface area contributed by atoms with Gasteiger partial charge in [0.05, 0.1) is 0 Å². The van der Waals surface area contributed by atoms with Crippen LogP contribution in [-0.2, 0) is 9.53 Å². The molecule has 0 radical (unpaired) electrons. The molecular formula is C13H25ClO2. The minimum atomic E-state index is -0.318. The van der Waals surface area contributed by atoms with E-state index in [-0.39, 0.29) is 5.60 Å². The Kier molecular flexibility index (Phi) is 7.82. The summed E-state index contributed by atoms with van der Waals surface area (Å²) in [6.45, 7) is 8.04. The molecule has 1 saturated carbocycles. The highest BCUT2D eigenvalue weighted by atomic mass is 35.5. The van der Waals surface area contributed by atoms with Gasteiger partial charge in [-0.15, -0.1) is 11.6 Å². The van der Waals surface area contributed by atoms with Crippen LogP contribution in [0.4, 0.5) is 0 Å². The van der Waals surface area contributed by atoms with Crippen molar-refractivity contribution in [2.75, 3.05) is 0 Å². The van der Waals surface area contributed by atoms with Crippen molar-refractivity contribution < 1.29 is 9.53 Å². The van der Waals surface area contributed by atoms with Crippen LogP contribution in [0.15, 0.2) is 0 Å². The topological polar surface area (TPSA) is 26.3 Å². The van der Waals surface area contributed by atoms with E-state index in [0.717, 1.165) is 5.92 Å². The van der Waals surface area contributed by atoms with Crippen LogP contribution in [0.5, 0.6) is 0 Å². The normalized spacial score (nSPS) is 19.3. The largest absolute Gasteiger partial charge is 0.462 e. The molecule has 3 heteroatoms. The Hall–Kier alpha value is -0.240. The molecule has 16 heavy (non-hydrogen) atoms. The first kappa shape index (κ1) is 15.8. The first-order valence-electron chi connectivity index (χ1n) is 6.12. The van der Waals surface area contributed by atoms with E-state index in [4.69, 9.17) is 11.6 Å². The van der Waals surface area contributed by atoms with E-state index in [1.54, 1.807) is 0 Å². The summed E-state index contributed by atoms with van der Waals surface area (Å²) in [6.07, 6.45) is 6.97. The molecule has 1 unspecified atom stereocenters. The zero-order valence-corrected chi connectivity index (χ0v) is 11.7. The molecule has 0 spiro atoms. The molecule has 0 aromatic heterocycles. The highest BCUT2D eigenvalue weighted by Crippen LogP contribution is 2.28. The van der Waals surface area contributed by atoms with E-state index < -0.39 is 0 Å². The van der Waals surface area contributed by atoms with Crippen LogP contribution in [0.2, 0.25) is 0 Å². The van der Waals surface area contributed by atoms with Gasteiger partial charge >= 0.3 is 0 Å². The maximum atomic E-state index is 9.60. The predicted octanol–water partition coefficient (Wildman–Crippen LogP) is 4.15. The van der Waals surface area contributed by atoms with Crippen LogP contribution >= 0.6 is 11.6 Å². The molecule has 0 aromatic carbocycles. The molecule has 0 N–H and O–H groups in total. The van der Waals surface area contributed by atoms with Gasteiger partial charge in [-0.3, -0.25) is 4.79 Å². The number of carbonyl (C=O) groups excluding carboxylic acids is 1. The summed E-state index contributed by atoms with van der Waals surface area (Å²) >= 11 is 5.96. The van der Waals surface area contributed by atoms with Crippen molar-refractivity contribution in [2.45, 2.75) is 70.8 Å². The Morgan fingerprint density at radius 1 is 1.25 bits per heavy atom. The van der Waals surface area contributed by atoms with Gasteiger partial charge in [0.1, 0.15) is 5.60 Å². The average Bonchev–Trinajstić information content (AvgIpc) is 2.18. The lowest BCUT2D eigenvalue weighted by Crippen LogP contribution is -2.17. The zero-order chi connectivity index (χ0) is 12.6. The Bertz CT molecular complexity index is 179. The molecule has 1 aliphatic rings. The molecule has 0 aromatic rings. The van der Waals surface area contributed by atoms with Crippen LogP contribution in [0.3, 0.4) is 0 Å². The van der Waals surface area contributed by atoms with Crippen LogP contribution in [0, 0.1) is 5.92 Å². The van der Waals surface area contributed by atoms with E-state index in [1.807, 2.05) is 20.8 Å². The number of ether oxygens (including phenoxy) is 1. The second-order valence-electron chi connectivity index (χ2n) is 5.40. The molecule has 0 amide bonds. The summed E-state index contributed by atoms with van der Waals surface area (Å²) in [4.78, 5) is 9.60. The van der Waals surface area contributed by atoms with E-state index in [1.165, 1.54) is 32.1 Å². The standard InChI is InChI=1S/C8H15Cl.C5H10O2/c1-7(9)8-5-3-2-4-6-8;1-5(2,3)7-4-6/h7-8H,2-6H2,1H3;4H,1-3H3.